The fourth-order valence-electron chi connectivity index (χ4n) is 1.96. The van der Waals surface area contributed by atoms with E-state index in [1.165, 1.54) is 5.56 Å². The lowest BCUT2D eigenvalue weighted by Crippen LogP contribution is -2.26. The zero-order valence-corrected chi connectivity index (χ0v) is 10.6. The van der Waals surface area contributed by atoms with Gasteiger partial charge < -0.3 is 10.5 Å². The van der Waals surface area contributed by atoms with Gasteiger partial charge >= 0.3 is 0 Å². The van der Waals surface area contributed by atoms with Gasteiger partial charge in [-0.05, 0) is 30.9 Å². The molecule has 2 nitrogen and oxygen atoms in total. The fraction of sp³-hybridized carbons (Fsp3) is 0.571. The van der Waals surface area contributed by atoms with Crippen LogP contribution in [0.3, 0.4) is 0 Å². The molecule has 2 unspecified atom stereocenters. The summed E-state index contributed by atoms with van der Waals surface area (Å²) in [7, 11) is 0. The van der Waals surface area contributed by atoms with Crippen molar-refractivity contribution < 1.29 is 4.74 Å². The topological polar surface area (TPSA) is 35.2 Å². The maximum absolute atomic E-state index is 6.17. The first-order chi connectivity index (χ1) is 7.70. The van der Waals surface area contributed by atoms with Gasteiger partial charge in [0.05, 0.1) is 6.61 Å². The van der Waals surface area contributed by atoms with E-state index >= 15 is 0 Å². The molecule has 0 aromatic heterocycles. The third-order valence-electron chi connectivity index (χ3n) is 2.97. The Morgan fingerprint density at radius 1 is 1.25 bits per heavy atom. The van der Waals surface area contributed by atoms with Crippen LogP contribution in [0.4, 0.5) is 0 Å². The molecule has 0 saturated heterocycles. The van der Waals surface area contributed by atoms with Gasteiger partial charge in [-0.15, -0.1) is 0 Å². The Balaban J connectivity index is 2.84. The molecule has 16 heavy (non-hydrogen) atoms. The minimum atomic E-state index is 0.214. The Hall–Kier alpha value is -1.02. The first-order valence-corrected chi connectivity index (χ1v) is 6.18. The van der Waals surface area contributed by atoms with Gasteiger partial charge in [0, 0.05) is 6.04 Å². The smallest absolute Gasteiger partial charge is 0.122 e. The molecule has 0 bridgehead atoms. The first-order valence-electron chi connectivity index (χ1n) is 6.18. The van der Waals surface area contributed by atoms with E-state index in [4.69, 9.17) is 10.5 Å². The SMILES string of the molecule is CCCC(N)C(C)c1ccccc1OCC. The Bertz CT molecular complexity index is 311. The molecule has 0 aliphatic rings. The lowest BCUT2D eigenvalue weighted by atomic mass is 9.90. The van der Waals surface area contributed by atoms with E-state index in [1.54, 1.807) is 0 Å². The fourth-order valence-corrected chi connectivity index (χ4v) is 1.96. The van der Waals surface area contributed by atoms with Crippen molar-refractivity contribution in [2.24, 2.45) is 5.73 Å². The molecule has 0 radical (unpaired) electrons. The zero-order chi connectivity index (χ0) is 12.0. The summed E-state index contributed by atoms with van der Waals surface area (Å²) >= 11 is 0. The highest BCUT2D eigenvalue weighted by Gasteiger charge is 2.17. The van der Waals surface area contributed by atoms with Gasteiger partial charge in [0.25, 0.3) is 0 Å². The maximum atomic E-state index is 6.17. The van der Waals surface area contributed by atoms with Crippen molar-refractivity contribution in [1.82, 2.24) is 0 Å². The Labute approximate surface area is 98.8 Å². The lowest BCUT2D eigenvalue weighted by molar-refractivity contribution is 0.332. The molecule has 0 fully saturated rings. The van der Waals surface area contributed by atoms with Gasteiger partial charge in [0.1, 0.15) is 5.75 Å². The average Bonchev–Trinajstić information content (AvgIpc) is 2.29. The van der Waals surface area contributed by atoms with Crippen molar-refractivity contribution >= 4 is 0 Å². The summed E-state index contributed by atoms with van der Waals surface area (Å²) in [6, 6.07) is 8.41. The second kappa shape index (κ2) is 6.54. The van der Waals surface area contributed by atoms with Crippen LogP contribution in [-0.4, -0.2) is 12.6 Å². The van der Waals surface area contributed by atoms with Crippen molar-refractivity contribution in [3.63, 3.8) is 0 Å². The zero-order valence-electron chi connectivity index (χ0n) is 10.6. The lowest BCUT2D eigenvalue weighted by Gasteiger charge is -2.22. The molecule has 2 heteroatoms. The number of benzene rings is 1. The van der Waals surface area contributed by atoms with Crippen LogP contribution in [-0.2, 0) is 0 Å². The minimum Gasteiger partial charge on any atom is -0.494 e. The van der Waals surface area contributed by atoms with E-state index in [-0.39, 0.29) is 6.04 Å². The van der Waals surface area contributed by atoms with Gasteiger partial charge in [0.2, 0.25) is 0 Å². The summed E-state index contributed by atoms with van der Waals surface area (Å²) in [6.45, 7) is 7.05. The summed E-state index contributed by atoms with van der Waals surface area (Å²) in [4.78, 5) is 0. The molecular formula is C14H23NO. The van der Waals surface area contributed by atoms with Crippen molar-refractivity contribution in [3.8, 4) is 5.75 Å². The molecule has 0 aliphatic heterocycles. The van der Waals surface area contributed by atoms with Gasteiger partial charge in [-0.3, -0.25) is 0 Å². The normalized spacial score (nSPS) is 14.5. The van der Waals surface area contributed by atoms with Crippen LogP contribution < -0.4 is 10.5 Å². The third-order valence-corrected chi connectivity index (χ3v) is 2.97. The number of rotatable bonds is 6. The second-order valence-corrected chi connectivity index (χ2v) is 4.21. The molecular weight excluding hydrogens is 198 g/mol. The van der Waals surface area contributed by atoms with Crippen LogP contribution in [0.1, 0.15) is 45.1 Å². The predicted octanol–water partition coefficient (Wildman–Crippen LogP) is 3.32. The highest BCUT2D eigenvalue weighted by molar-refractivity contribution is 5.36. The van der Waals surface area contributed by atoms with E-state index in [9.17, 15) is 0 Å². The number of ether oxygens (including phenoxy) is 1. The molecule has 0 heterocycles. The highest BCUT2D eigenvalue weighted by atomic mass is 16.5. The van der Waals surface area contributed by atoms with E-state index in [1.807, 2.05) is 25.1 Å². The number of nitrogens with two attached hydrogens (primary N) is 1. The standard InChI is InChI=1S/C14H23NO/c1-4-8-13(15)11(3)12-9-6-7-10-14(12)16-5-2/h6-7,9-11,13H,4-5,8,15H2,1-3H3. The van der Waals surface area contributed by atoms with Crippen LogP contribution in [0.5, 0.6) is 5.75 Å². The van der Waals surface area contributed by atoms with Gasteiger partial charge in [0.15, 0.2) is 0 Å². The molecule has 90 valence electrons. The monoisotopic (exact) mass is 221 g/mol. The van der Waals surface area contributed by atoms with Crippen LogP contribution in [0.15, 0.2) is 24.3 Å². The summed E-state index contributed by atoms with van der Waals surface area (Å²) in [6.07, 6.45) is 2.18. The molecule has 1 aromatic carbocycles. The summed E-state index contributed by atoms with van der Waals surface area (Å²) in [5.74, 6) is 1.33. The molecule has 0 amide bonds. The number of para-hydroxylation sites is 1. The molecule has 2 N–H and O–H groups in total. The summed E-state index contributed by atoms with van der Waals surface area (Å²) in [5.41, 5.74) is 7.40. The van der Waals surface area contributed by atoms with Gasteiger partial charge in [-0.1, -0.05) is 38.5 Å². The predicted molar refractivity (Wildman–Crippen MR) is 68.9 cm³/mol. The van der Waals surface area contributed by atoms with Crippen molar-refractivity contribution in [3.05, 3.63) is 29.8 Å². The Morgan fingerprint density at radius 3 is 2.56 bits per heavy atom. The van der Waals surface area contributed by atoms with Crippen molar-refractivity contribution in [2.75, 3.05) is 6.61 Å². The largest absolute Gasteiger partial charge is 0.494 e. The molecule has 0 spiro atoms. The number of hydrogen-bond donors (Lipinski definition) is 1. The highest BCUT2D eigenvalue weighted by Crippen LogP contribution is 2.29. The van der Waals surface area contributed by atoms with E-state index in [0.717, 1.165) is 18.6 Å². The summed E-state index contributed by atoms with van der Waals surface area (Å²) in [5, 5.41) is 0. The Kier molecular flexibility index (Phi) is 5.33. The van der Waals surface area contributed by atoms with Crippen LogP contribution in [0.25, 0.3) is 0 Å². The number of hydrogen-bond acceptors (Lipinski definition) is 2. The average molecular weight is 221 g/mol. The van der Waals surface area contributed by atoms with E-state index < -0.39 is 0 Å². The third kappa shape index (κ3) is 3.24. The van der Waals surface area contributed by atoms with Crippen molar-refractivity contribution in [2.45, 2.75) is 45.6 Å². The van der Waals surface area contributed by atoms with Gasteiger partial charge in [-0.2, -0.15) is 0 Å². The van der Waals surface area contributed by atoms with Crippen molar-refractivity contribution in [1.29, 1.82) is 0 Å². The minimum absolute atomic E-state index is 0.214. The summed E-state index contributed by atoms with van der Waals surface area (Å²) < 4.78 is 5.63. The molecule has 1 rings (SSSR count). The Morgan fingerprint density at radius 2 is 1.94 bits per heavy atom. The van der Waals surface area contributed by atoms with Crippen LogP contribution >= 0.6 is 0 Å². The molecule has 1 aromatic rings. The first kappa shape index (κ1) is 13.0. The van der Waals surface area contributed by atoms with Gasteiger partial charge in [-0.25, -0.2) is 0 Å². The van der Waals surface area contributed by atoms with Crippen LogP contribution in [0.2, 0.25) is 0 Å². The second-order valence-electron chi connectivity index (χ2n) is 4.21. The van der Waals surface area contributed by atoms with E-state index in [0.29, 0.717) is 12.5 Å². The quantitative estimate of drug-likeness (QED) is 0.799. The van der Waals surface area contributed by atoms with Crippen LogP contribution in [0, 0.1) is 0 Å². The molecule has 2 atom stereocenters. The van der Waals surface area contributed by atoms with E-state index in [2.05, 4.69) is 19.9 Å². The molecule has 0 saturated carbocycles. The molecule has 0 aliphatic carbocycles. The maximum Gasteiger partial charge on any atom is 0.122 e.